The first-order valence-corrected chi connectivity index (χ1v) is 30.3. The Morgan fingerprint density at radius 1 is 0.507 bits per heavy atom. The minimum absolute atomic E-state index is 0.00632. The van der Waals surface area contributed by atoms with Gasteiger partial charge in [0.2, 0.25) is 5.91 Å². The maximum absolute atomic E-state index is 13.0. The normalized spacial score (nSPS) is 14.2. The molecule has 0 spiro atoms. The maximum atomic E-state index is 13.0. The highest BCUT2D eigenvalue weighted by atomic mass is 31.2. The molecule has 3 unspecified atom stereocenters. The molecule has 0 saturated heterocycles. The van der Waals surface area contributed by atoms with E-state index in [2.05, 4.69) is 43.5 Å². The van der Waals surface area contributed by atoms with Gasteiger partial charge >= 0.3 is 0 Å². The number of nitrogens with one attached hydrogen (secondary N) is 1. The molecular formula is C58H113N2O6P. The molecule has 0 aliphatic heterocycles. The molecule has 0 fully saturated rings. The highest BCUT2D eigenvalue weighted by molar-refractivity contribution is 7.45. The third-order valence-electron chi connectivity index (χ3n) is 13.1. The van der Waals surface area contributed by atoms with E-state index in [1.165, 1.54) is 218 Å². The minimum atomic E-state index is -4.60. The zero-order valence-corrected chi connectivity index (χ0v) is 46.0. The Kier molecular flexibility index (Phi) is 48.7. The second-order valence-corrected chi connectivity index (χ2v) is 22.4. The molecular weight excluding hydrogens is 852 g/mol. The van der Waals surface area contributed by atoms with Crippen LogP contribution in [0.2, 0.25) is 0 Å². The lowest BCUT2D eigenvalue weighted by atomic mass is 10.0. The van der Waals surface area contributed by atoms with Crippen LogP contribution in [-0.2, 0) is 18.4 Å². The van der Waals surface area contributed by atoms with E-state index in [4.69, 9.17) is 9.05 Å². The van der Waals surface area contributed by atoms with Crippen LogP contribution in [0.3, 0.4) is 0 Å². The second kappa shape index (κ2) is 49.7. The Morgan fingerprint density at radius 2 is 0.836 bits per heavy atom. The Bertz CT molecular complexity index is 1190. The number of phosphoric ester groups is 1. The van der Waals surface area contributed by atoms with Crippen molar-refractivity contribution in [3.63, 3.8) is 0 Å². The molecule has 0 aromatic heterocycles. The number of unbranched alkanes of at least 4 members (excludes halogenated alkanes) is 36. The number of carbonyl (C=O) groups excluding carboxylic acids is 1. The Labute approximate surface area is 417 Å². The third-order valence-corrected chi connectivity index (χ3v) is 14.0. The van der Waals surface area contributed by atoms with Crippen LogP contribution in [0, 0.1) is 0 Å². The van der Waals surface area contributed by atoms with Gasteiger partial charge in [-0.2, -0.15) is 0 Å². The summed E-state index contributed by atoms with van der Waals surface area (Å²) in [5, 5.41) is 13.9. The van der Waals surface area contributed by atoms with E-state index in [0.29, 0.717) is 17.4 Å². The standard InChI is InChI=1S/C58H113N2O6P/c1-6-8-10-12-14-16-18-20-22-24-26-28-29-30-32-34-36-38-40-42-44-46-48-50-52-58(62)59-56(55-66-67(63,64)65-54-53-60(3,4)5)57(61)51-49-47-45-43-41-39-37-35-33-31-27-25-23-21-19-17-15-13-11-9-7-2/h30,32,41,43,49,51,56-57,61H,6-29,31,33-40,42,44-48,50,52-55H2,1-5H3,(H-,59,62,63,64)/b32-30-,43-41+,51-49+. The molecule has 0 heterocycles. The van der Waals surface area contributed by atoms with Gasteiger partial charge in [-0.1, -0.05) is 249 Å². The SMILES string of the molecule is CCCCCCCCCCCCCC/C=C\CCCCCCCCCCC(=O)NC(COP(=O)([O-])OCC[N+](C)(C)C)C(O)/C=C/CC/C=C/CCCCCCCCCCCCCCCCC. The van der Waals surface area contributed by atoms with Crippen LogP contribution in [0.5, 0.6) is 0 Å². The molecule has 3 atom stereocenters. The summed E-state index contributed by atoms with van der Waals surface area (Å²) in [7, 11) is 1.25. The van der Waals surface area contributed by atoms with Crippen LogP contribution in [0.15, 0.2) is 36.5 Å². The topological polar surface area (TPSA) is 108 Å². The number of allylic oxidation sites excluding steroid dienone is 5. The minimum Gasteiger partial charge on any atom is -0.756 e. The summed E-state index contributed by atoms with van der Waals surface area (Å²) in [5.74, 6) is -0.207. The Morgan fingerprint density at radius 3 is 1.21 bits per heavy atom. The summed E-state index contributed by atoms with van der Waals surface area (Å²) in [5.41, 5.74) is 0. The lowest BCUT2D eigenvalue weighted by Gasteiger charge is -2.29. The zero-order chi connectivity index (χ0) is 49.2. The molecule has 67 heavy (non-hydrogen) atoms. The fourth-order valence-electron chi connectivity index (χ4n) is 8.52. The number of aliphatic hydroxyl groups is 1. The van der Waals surface area contributed by atoms with Gasteiger partial charge in [-0.15, -0.1) is 0 Å². The first kappa shape index (κ1) is 65.7. The highest BCUT2D eigenvalue weighted by Gasteiger charge is 2.23. The fraction of sp³-hybridized carbons (Fsp3) is 0.879. The third kappa shape index (κ3) is 52.4. The van der Waals surface area contributed by atoms with Gasteiger partial charge in [-0.3, -0.25) is 9.36 Å². The van der Waals surface area contributed by atoms with Crippen LogP contribution >= 0.6 is 7.82 Å². The van der Waals surface area contributed by atoms with Crippen molar-refractivity contribution in [2.75, 3.05) is 40.9 Å². The number of phosphoric acid groups is 1. The first-order valence-electron chi connectivity index (χ1n) is 28.9. The molecule has 0 bridgehead atoms. The van der Waals surface area contributed by atoms with Crippen molar-refractivity contribution in [1.82, 2.24) is 5.32 Å². The average molecular weight is 966 g/mol. The lowest BCUT2D eigenvalue weighted by Crippen LogP contribution is -2.45. The van der Waals surface area contributed by atoms with Crippen LogP contribution in [0.4, 0.5) is 0 Å². The van der Waals surface area contributed by atoms with Crippen LogP contribution in [0.25, 0.3) is 0 Å². The zero-order valence-electron chi connectivity index (χ0n) is 45.1. The quantitative estimate of drug-likeness (QED) is 0.0272. The number of amides is 1. The van der Waals surface area contributed by atoms with Gasteiger partial charge in [-0.25, -0.2) is 0 Å². The summed E-state index contributed by atoms with van der Waals surface area (Å²) < 4.78 is 23.3. The molecule has 0 aromatic carbocycles. The van der Waals surface area contributed by atoms with Crippen LogP contribution < -0.4 is 10.2 Å². The lowest BCUT2D eigenvalue weighted by molar-refractivity contribution is -0.870. The molecule has 0 aliphatic rings. The first-order chi connectivity index (χ1) is 32.5. The second-order valence-electron chi connectivity index (χ2n) is 21.0. The summed E-state index contributed by atoms with van der Waals surface area (Å²) >= 11 is 0. The van der Waals surface area contributed by atoms with Crippen molar-refractivity contribution >= 4 is 13.7 Å². The predicted molar refractivity (Wildman–Crippen MR) is 288 cm³/mol. The molecule has 0 radical (unpaired) electrons. The van der Waals surface area contributed by atoms with Gasteiger partial charge in [-0.05, 0) is 57.8 Å². The molecule has 2 N–H and O–H groups in total. The number of hydrogen-bond donors (Lipinski definition) is 2. The van der Waals surface area contributed by atoms with Crippen LogP contribution in [0.1, 0.15) is 277 Å². The smallest absolute Gasteiger partial charge is 0.268 e. The van der Waals surface area contributed by atoms with Gasteiger partial charge in [0.1, 0.15) is 13.2 Å². The van der Waals surface area contributed by atoms with Gasteiger partial charge in [0.15, 0.2) is 0 Å². The number of likely N-dealkylation sites (N-methyl/N-ethyl adjacent to an activating group) is 1. The Balaban J connectivity index is 4.25. The van der Waals surface area contributed by atoms with Crippen molar-refractivity contribution in [2.45, 2.75) is 289 Å². The van der Waals surface area contributed by atoms with Crippen molar-refractivity contribution in [3.05, 3.63) is 36.5 Å². The van der Waals surface area contributed by atoms with E-state index >= 15 is 0 Å². The number of hydrogen-bond acceptors (Lipinski definition) is 6. The molecule has 0 saturated carbocycles. The molecule has 396 valence electrons. The van der Waals surface area contributed by atoms with E-state index in [1.54, 1.807) is 6.08 Å². The predicted octanol–water partition coefficient (Wildman–Crippen LogP) is 16.7. The van der Waals surface area contributed by atoms with E-state index in [1.807, 2.05) is 27.2 Å². The van der Waals surface area contributed by atoms with E-state index in [-0.39, 0.29) is 12.5 Å². The molecule has 0 aromatic rings. The molecule has 9 heteroatoms. The summed E-state index contributed by atoms with van der Waals surface area (Å²) in [4.78, 5) is 25.5. The van der Waals surface area contributed by atoms with E-state index in [9.17, 15) is 19.4 Å². The monoisotopic (exact) mass is 965 g/mol. The van der Waals surface area contributed by atoms with Crippen molar-refractivity contribution in [2.24, 2.45) is 0 Å². The number of rotatable bonds is 53. The summed E-state index contributed by atoms with van der Waals surface area (Å²) in [6.45, 7) is 4.66. The van der Waals surface area contributed by atoms with Crippen LogP contribution in [-0.4, -0.2) is 68.5 Å². The van der Waals surface area contributed by atoms with Gasteiger partial charge in [0, 0.05) is 6.42 Å². The molecule has 0 rings (SSSR count). The van der Waals surface area contributed by atoms with E-state index in [0.717, 1.165) is 38.5 Å². The maximum Gasteiger partial charge on any atom is 0.268 e. The summed E-state index contributed by atoms with van der Waals surface area (Å²) in [6, 6.07) is -0.905. The largest absolute Gasteiger partial charge is 0.756 e. The molecule has 0 aliphatic carbocycles. The van der Waals surface area contributed by atoms with Gasteiger partial charge in [0.05, 0.1) is 39.9 Å². The van der Waals surface area contributed by atoms with E-state index < -0.39 is 26.6 Å². The fourth-order valence-corrected chi connectivity index (χ4v) is 9.24. The van der Waals surface area contributed by atoms with Crippen molar-refractivity contribution in [3.8, 4) is 0 Å². The summed E-state index contributed by atoms with van der Waals surface area (Å²) in [6.07, 6.45) is 63.7. The number of quaternary nitrogens is 1. The Hall–Kier alpha value is -1.28. The van der Waals surface area contributed by atoms with Gasteiger partial charge in [0.25, 0.3) is 7.82 Å². The highest BCUT2D eigenvalue weighted by Crippen LogP contribution is 2.38. The van der Waals surface area contributed by atoms with Gasteiger partial charge < -0.3 is 28.8 Å². The number of nitrogens with zero attached hydrogens (tertiary/aromatic N) is 1. The number of aliphatic hydroxyl groups excluding tert-OH is 1. The molecule has 8 nitrogen and oxygen atoms in total. The van der Waals surface area contributed by atoms with Crippen molar-refractivity contribution < 1.29 is 32.9 Å². The molecule has 1 amide bonds. The van der Waals surface area contributed by atoms with Crippen molar-refractivity contribution in [1.29, 1.82) is 0 Å². The number of carbonyl (C=O) groups is 1. The average Bonchev–Trinajstić information content (AvgIpc) is 3.29.